The summed E-state index contributed by atoms with van der Waals surface area (Å²) in [6.07, 6.45) is 10.6. The fraction of sp³-hybridized carbons (Fsp3) is 0.462. The number of hydrogen-bond acceptors (Lipinski definition) is 5. The van der Waals surface area contributed by atoms with E-state index in [9.17, 15) is 9.59 Å². The van der Waals surface area contributed by atoms with Crippen LogP contribution < -0.4 is 5.32 Å². The Hall–Kier alpha value is -3.46. The van der Waals surface area contributed by atoms with Gasteiger partial charge in [0, 0.05) is 37.4 Å². The van der Waals surface area contributed by atoms with Crippen LogP contribution in [0.25, 0.3) is 5.69 Å². The molecule has 2 amide bonds. The van der Waals surface area contributed by atoms with Crippen molar-refractivity contribution in [1.29, 1.82) is 0 Å². The number of ether oxygens (including phenoxy) is 1. The summed E-state index contributed by atoms with van der Waals surface area (Å²) in [5, 5.41) is 15.0. The Labute approximate surface area is 204 Å². The van der Waals surface area contributed by atoms with Gasteiger partial charge >= 0.3 is 0 Å². The number of H-pyrrole nitrogens is 1. The van der Waals surface area contributed by atoms with Crippen molar-refractivity contribution in [3.05, 3.63) is 59.2 Å². The maximum absolute atomic E-state index is 13.0. The molecule has 0 saturated carbocycles. The lowest BCUT2D eigenvalue weighted by Crippen LogP contribution is -2.28. The van der Waals surface area contributed by atoms with Crippen LogP contribution in [-0.2, 0) is 28.9 Å². The van der Waals surface area contributed by atoms with Gasteiger partial charge in [-0.2, -0.15) is 10.2 Å². The number of rotatable bonds is 6. The molecule has 35 heavy (non-hydrogen) atoms. The highest BCUT2D eigenvalue weighted by atomic mass is 16.5. The third-order valence-electron chi connectivity index (χ3n) is 6.95. The van der Waals surface area contributed by atoms with E-state index in [-0.39, 0.29) is 17.7 Å². The predicted octanol–water partition coefficient (Wildman–Crippen LogP) is 3.50. The van der Waals surface area contributed by atoms with E-state index in [1.54, 1.807) is 34.1 Å². The second-order valence-electron chi connectivity index (χ2n) is 9.45. The van der Waals surface area contributed by atoms with E-state index in [0.29, 0.717) is 31.0 Å². The summed E-state index contributed by atoms with van der Waals surface area (Å²) in [5.74, 6) is -0.0665. The Morgan fingerprint density at radius 1 is 1.14 bits per heavy atom. The van der Waals surface area contributed by atoms with Crippen LogP contribution in [-0.4, -0.2) is 57.0 Å². The van der Waals surface area contributed by atoms with Crippen LogP contribution in [0.1, 0.15) is 59.4 Å². The number of amides is 2. The number of fused-ring (bicyclic) bond motifs is 1. The van der Waals surface area contributed by atoms with Gasteiger partial charge in [-0.05, 0) is 68.4 Å². The summed E-state index contributed by atoms with van der Waals surface area (Å²) >= 11 is 0. The lowest BCUT2D eigenvalue weighted by molar-refractivity contribution is -0.122. The van der Waals surface area contributed by atoms with Crippen LogP contribution in [0.2, 0.25) is 0 Å². The Morgan fingerprint density at radius 3 is 2.71 bits per heavy atom. The molecular formula is C26H32N6O3. The van der Waals surface area contributed by atoms with Gasteiger partial charge in [-0.1, -0.05) is 6.42 Å². The summed E-state index contributed by atoms with van der Waals surface area (Å²) in [6.45, 7) is 1.74. The minimum Gasteiger partial charge on any atom is -0.381 e. The summed E-state index contributed by atoms with van der Waals surface area (Å²) in [4.78, 5) is 27.2. The number of aromatic nitrogens is 4. The third-order valence-corrected chi connectivity index (χ3v) is 6.95. The molecule has 1 aliphatic carbocycles. The summed E-state index contributed by atoms with van der Waals surface area (Å²) < 4.78 is 7.02. The average molecular weight is 477 g/mol. The van der Waals surface area contributed by atoms with E-state index in [1.807, 2.05) is 19.2 Å². The van der Waals surface area contributed by atoms with Gasteiger partial charge in [0.05, 0.1) is 36.0 Å². The lowest BCUT2D eigenvalue weighted by Gasteiger charge is -2.20. The first-order valence-corrected chi connectivity index (χ1v) is 12.4. The molecular weight excluding hydrogens is 444 g/mol. The molecule has 2 N–H and O–H groups in total. The summed E-state index contributed by atoms with van der Waals surface area (Å²) in [7, 11) is 1.81. The van der Waals surface area contributed by atoms with Crippen LogP contribution in [0.15, 0.2) is 36.7 Å². The molecule has 1 aliphatic heterocycles. The van der Waals surface area contributed by atoms with E-state index in [0.717, 1.165) is 37.1 Å². The molecule has 1 fully saturated rings. The van der Waals surface area contributed by atoms with E-state index >= 15 is 0 Å². The first-order valence-electron chi connectivity index (χ1n) is 12.4. The van der Waals surface area contributed by atoms with Crippen molar-refractivity contribution in [2.45, 2.75) is 51.5 Å². The fourth-order valence-electron chi connectivity index (χ4n) is 4.86. The van der Waals surface area contributed by atoms with Gasteiger partial charge in [-0.3, -0.25) is 14.7 Å². The van der Waals surface area contributed by atoms with Gasteiger partial charge in [-0.15, -0.1) is 0 Å². The molecule has 0 spiro atoms. The monoisotopic (exact) mass is 476 g/mol. The van der Waals surface area contributed by atoms with Crippen molar-refractivity contribution >= 4 is 17.5 Å². The zero-order valence-electron chi connectivity index (χ0n) is 20.1. The quantitative estimate of drug-likeness (QED) is 0.530. The van der Waals surface area contributed by atoms with E-state index in [1.165, 1.54) is 30.5 Å². The minimum absolute atomic E-state index is 0.00522. The van der Waals surface area contributed by atoms with Crippen molar-refractivity contribution in [2.24, 2.45) is 5.92 Å². The Bertz CT molecular complexity index is 1180. The zero-order chi connectivity index (χ0) is 24.2. The average Bonchev–Trinajstić information content (AvgIpc) is 3.43. The van der Waals surface area contributed by atoms with Crippen LogP contribution in [0.5, 0.6) is 0 Å². The molecule has 3 aromatic rings. The van der Waals surface area contributed by atoms with Gasteiger partial charge in [-0.25, -0.2) is 4.68 Å². The van der Waals surface area contributed by atoms with Crippen molar-refractivity contribution in [3.8, 4) is 5.69 Å². The predicted molar refractivity (Wildman–Crippen MR) is 131 cm³/mol. The largest absolute Gasteiger partial charge is 0.381 e. The second-order valence-corrected chi connectivity index (χ2v) is 9.45. The van der Waals surface area contributed by atoms with Gasteiger partial charge in [0.1, 0.15) is 0 Å². The number of hydrogen-bond donors (Lipinski definition) is 2. The third kappa shape index (κ3) is 5.30. The van der Waals surface area contributed by atoms with E-state index in [4.69, 9.17) is 4.74 Å². The molecule has 2 aliphatic rings. The van der Waals surface area contributed by atoms with Gasteiger partial charge in [0.15, 0.2) is 0 Å². The smallest absolute Gasteiger partial charge is 0.253 e. The highest BCUT2D eigenvalue weighted by Gasteiger charge is 2.22. The minimum atomic E-state index is -0.0493. The second kappa shape index (κ2) is 10.4. The SMILES string of the molecule is CN(Cc1n[nH]c2c1CCCCC2)C(=O)c1ccc(-n2cc(NC(=O)C3CCOCC3)cn2)cc1. The molecule has 0 radical (unpaired) electrons. The molecule has 1 saturated heterocycles. The lowest BCUT2D eigenvalue weighted by atomic mass is 9.99. The first-order chi connectivity index (χ1) is 17.1. The molecule has 184 valence electrons. The van der Waals surface area contributed by atoms with Gasteiger partial charge < -0.3 is 15.0 Å². The number of benzene rings is 1. The van der Waals surface area contributed by atoms with Crippen LogP contribution >= 0.6 is 0 Å². The molecule has 1 aromatic carbocycles. The van der Waals surface area contributed by atoms with E-state index in [2.05, 4.69) is 20.6 Å². The Balaban J connectivity index is 1.21. The molecule has 5 rings (SSSR count). The topological polar surface area (TPSA) is 105 Å². The van der Waals surface area contributed by atoms with Crippen molar-refractivity contribution in [3.63, 3.8) is 0 Å². The number of anilines is 1. The molecule has 9 heteroatoms. The van der Waals surface area contributed by atoms with Gasteiger partial charge in [0.25, 0.3) is 5.91 Å². The number of carbonyl (C=O) groups is 2. The summed E-state index contributed by atoms with van der Waals surface area (Å²) in [6, 6.07) is 7.33. The molecule has 9 nitrogen and oxygen atoms in total. The highest BCUT2D eigenvalue weighted by molar-refractivity contribution is 5.94. The van der Waals surface area contributed by atoms with Crippen molar-refractivity contribution in [1.82, 2.24) is 24.9 Å². The number of aryl methyl sites for hydroxylation is 1. The molecule has 0 unspecified atom stereocenters. The normalized spacial score (nSPS) is 16.4. The number of nitrogens with one attached hydrogen (secondary N) is 2. The molecule has 0 bridgehead atoms. The fourth-order valence-corrected chi connectivity index (χ4v) is 4.86. The Kier molecular flexibility index (Phi) is 6.94. The standard InChI is InChI=1S/C26H32N6O3/c1-31(17-24-22-5-3-2-4-6-23(22)29-30-24)26(34)19-7-9-21(10-8-19)32-16-20(15-27-32)28-25(33)18-11-13-35-14-12-18/h7-10,15-16,18H,2-6,11-14,17H2,1H3,(H,28,33)(H,29,30). The highest BCUT2D eigenvalue weighted by Crippen LogP contribution is 2.23. The number of nitrogens with zero attached hydrogens (tertiary/aromatic N) is 4. The summed E-state index contributed by atoms with van der Waals surface area (Å²) in [5.41, 5.74) is 5.56. The number of aromatic amines is 1. The van der Waals surface area contributed by atoms with Crippen molar-refractivity contribution in [2.75, 3.05) is 25.6 Å². The Morgan fingerprint density at radius 2 is 1.91 bits per heavy atom. The maximum atomic E-state index is 13.0. The molecule has 2 aromatic heterocycles. The molecule has 3 heterocycles. The van der Waals surface area contributed by atoms with E-state index < -0.39 is 0 Å². The molecule has 0 atom stereocenters. The van der Waals surface area contributed by atoms with Crippen LogP contribution in [0.4, 0.5) is 5.69 Å². The number of carbonyl (C=O) groups excluding carboxylic acids is 2. The van der Waals surface area contributed by atoms with Crippen molar-refractivity contribution < 1.29 is 14.3 Å². The maximum Gasteiger partial charge on any atom is 0.253 e. The van der Waals surface area contributed by atoms with Gasteiger partial charge in [0.2, 0.25) is 5.91 Å². The first kappa shape index (κ1) is 23.3. The zero-order valence-corrected chi connectivity index (χ0v) is 20.1. The van der Waals surface area contributed by atoms with Crippen LogP contribution in [0, 0.1) is 5.92 Å². The van der Waals surface area contributed by atoms with Crippen LogP contribution in [0.3, 0.4) is 0 Å².